The lowest BCUT2D eigenvalue weighted by Gasteiger charge is -2.30. The second-order valence-electron chi connectivity index (χ2n) is 4.91. The Balaban J connectivity index is 2.22. The third-order valence-corrected chi connectivity index (χ3v) is 3.61. The molecule has 0 radical (unpaired) electrons. The summed E-state index contributed by atoms with van der Waals surface area (Å²) in [5, 5.41) is 12.2. The maximum Gasteiger partial charge on any atom is 0.335 e. The first-order chi connectivity index (χ1) is 8.42. The van der Waals surface area contributed by atoms with E-state index in [0.29, 0.717) is 5.69 Å². The molecule has 1 aliphatic heterocycles. The summed E-state index contributed by atoms with van der Waals surface area (Å²) >= 11 is 0. The Morgan fingerprint density at radius 3 is 2.83 bits per heavy atom. The number of anilines is 2. The SMILES string of the molecule is CC1OCCC1(C)Nc1ccc(C(=O)O)cc1N. The van der Waals surface area contributed by atoms with Gasteiger partial charge in [-0.2, -0.15) is 0 Å². The predicted octanol–water partition coefficient (Wildman–Crippen LogP) is 1.95. The highest BCUT2D eigenvalue weighted by molar-refractivity contribution is 5.90. The molecule has 2 unspecified atom stereocenters. The molecule has 1 saturated heterocycles. The number of aromatic carboxylic acids is 1. The van der Waals surface area contributed by atoms with Gasteiger partial charge in [0.2, 0.25) is 0 Å². The molecule has 0 amide bonds. The maximum absolute atomic E-state index is 10.8. The first kappa shape index (κ1) is 12.7. The van der Waals surface area contributed by atoms with Crippen LogP contribution in [0.15, 0.2) is 18.2 Å². The highest BCUT2D eigenvalue weighted by Gasteiger charge is 2.37. The lowest BCUT2D eigenvalue weighted by Crippen LogP contribution is -2.41. The molecule has 2 atom stereocenters. The molecular formula is C13H18N2O3. The average Bonchev–Trinajstić information content (AvgIpc) is 2.62. The van der Waals surface area contributed by atoms with Crippen molar-refractivity contribution >= 4 is 17.3 Å². The van der Waals surface area contributed by atoms with Gasteiger partial charge in [0.15, 0.2) is 0 Å². The smallest absolute Gasteiger partial charge is 0.335 e. The van der Waals surface area contributed by atoms with Gasteiger partial charge in [0.1, 0.15) is 0 Å². The molecule has 4 N–H and O–H groups in total. The minimum atomic E-state index is -0.975. The summed E-state index contributed by atoms with van der Waals surface area (Å²) in [6.07, 6.45) is 0.991. The third kappa shape index (κ3) is 2.26. The summed E-state index contributed by atoms with van der Waals surface area (Å²) in [4.78, 5) is 10.8. The zero-order chi connectivity index (χ0) is 13.3. The lowest BCUT2D eigenvalue weighted by molar-refractivity contribution is 0.0697. The number of carboxylic acids is 1. The molecule has 0 aliphatic carbocycles. The second-order valence-corrected chi connectivity index (χ2v) is 4.91. The van der Waals surface area contributed by atoms with Crippen molar-refractivity contribution in [3.63, 3.8) is 0 Å². The summed E-state index contributed by atoms with van der Waals surface area (Å²) in [5.41, 5.74) is 7.09. The molecule has 5 heteroatoms. The minimum absolute atomic E-state index is 0.0936. The Kier molecular flexibility index (Phi) is 3.17. The molecule has 1 fully saturated rings. The molecule has 1 aromatic rings. The van der Waals surface area contributed by atoms with E-state index in [1.165, 1.54) is 6.07 Å². The fourth-order valence-electron chi connectivity index (χ4n) is 2.12. The van der Waals surface area contributed by atoms with E-state index >= 15 is 0 Å². The number of nitrogens with one attached hydrogen (secondary N) is 1. The van der Waals surface area contributed by atoms with Crippen LogP contribution in [0.4, 0.5) is 11.4 Å². The van der Waals surface area contributed by atoms with Crippen LogP contribution >= 0.6 is 0 Å². The molecule has 0 bridgehead atoms. The first-order valence-corrected chi connectivity index (χ1v) is 5.95. The highest BCUT2D eigenvalue weighted by atomic mass is 16.5. The minimum Gasteiger partial charge on any atom is -0.478 e. The topological polar surface area (TPSA) is 84.6 Å². The van der Waals surface area contributed by atoms with Crippen LogP contribution < -0.4 is 11.1 Å². The van der Waals surface area contributed by atoms with E-state index in [4.69, 9.17) is 15.6 Å². The van der Waals surface area contributed by atoms with E-state index in [1.807, 2.05) is 6.92 Å². The molecule has 0 aromatic heterocycles. The summed E-state index contributed by atoms with van der Waals surface area (Å²) in [7, 11) is 0. The van der Waals surface area contributed by atoms with Gasteiger partial charge in [-0.15, -0.1) is 0 Å². The number of benzene rings is 1. The van der Waals surface area contributed by atoms with E-state index in [1.54, 1.807) is 12.1 Å². The molecular weight excluding hydrogens is 232 g/mol. The van der Waals surface area contributed by atoms with Crippen LogP contribution in [0.1, 0.15) is 30.6 Å². The fraction of sp³-hybridized carbons (Fsp3) is 0.462. The molecule has 1 heterocycles. The van der Waals surface area contributed by atoms with Gasteiger partial charge in [0.05, 0.1) is 28.6 Å². The number of carbonyl (C=O) groups is 1. The zero-order valence-corrected chi connectivity index (χ0v) is 10.6. The van der Waals surface area contributed by atoms with Crippen molar-refractivity contribution < 1.29 is 14.6 Å². The second kappa shape index (κ2) is 4.49. The number of nitrogens with two attached hydrogens (primary N) is 1. The van der Waals surface area contributed by atoms with Crippen LogP contribution in [-0.4, -0.2) is 29.3 Å². The zero-order valence-electron chi connectivity index (χ0n) is 10.6. The van der Waals surface area contributed by atoms with Gasteiger partial charge >= 0.3 is 5.97 Å². The van der Waals surface area contributed by atoms with Crippen molar-refractivity contribution in [2.45, 2.75) is 31.9 Å². The monoisotopic (exact) mass is 250 g/mol. The van der Waals surface area contributed by atoms with E-state index in [2.05, 4.69) is 12.2 Å². The highest BCUT2D eigenvalue weighted by Crippen LogP contribution is 2.32. The van der Waals surface area contributed by atoms with Crippen molar-refractivity contribution in [2.24, 2.45) is 0 Å². The van der Waals surface area contributed by atoms with E-state index in [0.717, 1.165) is 18.7 Å². The standard InChI is InChI=1S/C13H18N2O3/c1-8-13(2,5-6-18-8)15-11-4-3-9(12(16)17)7-10(11)14/h3-4,7-8,15H,5-6,14H2,1-2H3,(H,16,17). The summed E-state index contributed by atoms with van der Waals surface area (Å²) in [6.45, 7) is 4.81. The number of hydrogen-bond acceptors (Lipinski definition) is 4. The quantitative estimate of drug-likeness (QED) is 0.714. The van der Waals surface area contributed by atoms with Crippen LogP contribution in [0, 0.1) is 0 Å². The summed E-state index contributed by atoms with van der Waals surface area (Å²) < 4.78 is 5.55. The number of nitrogen functional groups attached to an aromatic ring is 1. The normalized spacial score (nSPS) is 27.1. The van der Waals surface area contributed by atoms with E-state index in [9.17, 15) is 4.79 Å². The Bertz CT molecular complexity index is 475. The first-order valence-electron chi connectivity index (χ1n) is 5.95. The van der Waals surface area contributed by atoms with Crippen LogP contribution in [-0.2, 0) is 4.74 Å². The molecule has 1 aliphatic rings. The maximum atomic E-state index is 10.8. The van der Waals surface area contributed by atoms with Gasteiger partial charge in [-0.3, -0.25) is 0 Å². The van der Waals surface area contributed by atoms with Crippen LogP contribution in [0.5, 0.6) is 0 Å². The van der Waals surface area contributed by atoms with Crippen molar-refractivity contribution in [3.05, 3.63) is 23.8 Å². The Labute approximate surface area is 106 Å². The lowest BCUT2D eigenvalue weighted by atomic mass is 9.94. The Hall–Kier alpha value is -1.75. The Morgan fingerprint density at radius 2 is 2.33 bits per heavy atom. The number of carboxylic acid groups (broad SMARTS) is 1. The largest absolute Gasteiger partial charge is 0.478 e. The third-order valence-electron chi connectivity index (χ3n) is 3.61. The predicted molar refractivity (Wildman–Crippen MR) is 69.9 cm³/mol. The molecule has 2 rings (SSSR count). The van der Waals surface area contributed by atoms with Gasteiger partial charge in [-0.05, 0) is 38.5 Å². The molecule has 98 valence electrons. The van der Waals surface area contributed by atoms with E-state index in [-0.39, 0.29) is 17.2 Å². The van der Waals surface area contributed by atoms with Crippen LogP contribution in [0.25, 0.3) is 0 Å². The van der Waals surface area contributed by atoms with Gasteiger partial charge < -0.3 is 20.9 Å². The average molecular weight is 250 g/mol. The van der Waals surface area contributed by atoms with Crippen LogP contribution in [0.3, 0.4) is 0 Å². The van der Waals surface area contributed by atoms with Crippen molar-refractivity contribution in [1.82, 2.24) is 0 Å². The van der Waals surface area contributed by atoms with Crippen molar-refractivity contribution in [1.29, 1.82) is 0 Å². The Morgan fingerprint density at radius 1 is 1.61 bits per heavy atom. The van der Waals surface area contributed by atoms with Crippen molar-refractivity contribution in [2.75, 3.05) is 17.7 Å². The van der Waals surface area contributed by atoms with Crippen LogP contribution in [0.2, 0.25) is 0 Å². The number of hydrogen-bond donors (Lipinski definition) is 3. The molecule has 5 nitrogen and oxygen atoms in total. The molecule has 1 aromatic carbocycles. The molecule has 18 heavy (non-hydrogen) atoms. The van der Waals surface area contributed by atoms with Gasteiger partial charge in [0.25, 0.3) is 0 Å². The summed E-state index contributed by atoms with van der Waals surface area (Å²) in [5.74, 6) is -0.975. The van der Waals surface area contributed by atoms with Crippen molar-refractivity contribution in [3.8, 4) is 0 Å². The van der Waals surface area contributed by atoms with Gasteiger partial charge in [-0.25, -0.2) is 4.79 Å². The van der Waals surface area contributed by atoms with Gasteiger partial charge in [0, 0.05) is 6.61 Å². The molecule has 0 spiro atoms. The van der Waals surface area contributed by atoms with E-state index < -0.39 is 5.97 Å². The molecule has 0 saturated carbocycles. The number of ether oxygens (including phenoxy) is 1. The summed E-state index contributed by atoms with van der Waals surface area (Å²) in [6, 6.07) is 4.72. The van der Waals surface area contributed by atoms with Gasteiger partial charge in [-0.1, -0.05) is 0 Å². The number of rotatable bonds is 3. The fourth-order valence-corrected chi connectivity index (χ4v) is 2.12.